The first-order chi connectivity index (χ1) is 7.85. The van der Waals surface area contributed by atoms with Crippen LogP contribution in [0.1, 0.15) is 12.6 Å². The molecular formula is C12H10N2OS. The zero-order valence-electron chi connectivity index (χ0n) is 8.80. The molecule has 0 unspecified atom stereocenters. The van der Waals surface area contributed by atoms with Crippen LogP contribution in [0, 0.1) is 11.3 Å². The van der Waals surface area contributed by atoms with Crippen molar-refractivity contribution in [3.63, 3.8) is 0 Å². The van der Waals surface area contributed by atoms with Crippen LogP contribution in [0.3, 0.4) is 0 Å². The molecule has 2 aromatic rings. The van der Waals surface area contributed by atoms with Gasteiger partial charge < -0.3 is 4.42 Å². The van der Waals surface area contributed by atoms with Gasteiger partial charge in [-0.15, -0.1) is 11.8 Å². The fourth-order valence-corrected chi connectivity index (χ4v) is 2.13. The summed E-state index contributed by atoms with van der Waals surface area (Å²) in [7, 11) is 0. The fourth-order valence-electron chi connectivity index (χ4n) is 1.37. The van der Waals surface area contributed by atoms with Gasteiger partial charge in [0.2, 0.25) is 0 Å². The van der Waals surface area contributed by atoms with E-state index in [0.717, 1.165) is 22.0 Å². The summed E-state index contributed by atoms with van der Waals surface area (Å²) >= 11 is 1.61. The molecule has 80 valence electrons. The molecule has 0 spiro atoms. The van der Waals surface area contributed by atoms with Gasteiger partial charge in [-0.2, -0.15) is 5.26 Å². The van der Waals surface area contributed by atoms with Gasteiger partial charge in [0.15, 0.2) is 5.69 Å². The van der Waals surface area contributed by atoms with Crippen LogP contribution in [-0.2, 0) is 0 Å². The Bertz CT molecular complexity index is 514. The van der Waals surface area contributed by atoms with E-state index in [1.165, 1.54) is 0 Å². The largest absolute Gasteiger partial charge is 0.464 e. The van der Waals surface area contributed by atoms with Crippen molar-refractivity contribution < 1.29 is 4.42 Å². The third kappa shape index (κ3) is 2.10. The molecule has 0 amide bonds. The van der Waals surface area contributed by atoms with Crippen molar-refractivity contribution in [1.82, 2.24) is 4.98 Å². The van der Waals surface area contributed by atoms with Crippen LogP contribution in [0.5, 0.6) is 0 Å². The monoisotopic (exact) mass is 230 g/mol. The van der Waals surface area contributed by atoms with Crippen LogP contribution < -0.4 is 0 Å². The van der Waals surface area contributed by atoms with Crippen LogP contribution in [0.2, 0.25) is 0 Å². The Hall–Kier alpha value is -1.73. The van der Waals surface area contributed by atoms with Gasteiger partial charge in [0.05, 0.1) is 6.26 Å². The van der Waals surface area contributed by atoms with Crippen molar-refractivity contribution in [2.75, 3.05) is 5.75 Å². The van der Waals surface area contributed by atoms with E-state index in [-0.39, 0.29) is 0 Å². The Kier molecular flexibility index (Phi) is 3.28. The Morgan fingerprint density at radius 2 is 2.44 bits per heavy atom. The molecule has 0 aromatic carbocycles. The zero-order valence-corrected chi connectivity index (χ0v) is 9.62. The fraction of sp³-hybridized carbons (Fsp3) is 0.167. The van der Waals surface area contributed by atoms with Crippen molar-refractivity contribution in [3.8, 4) is 17.4 Å². The highest BCUT2D eigenvalue weighted by molar-refractivity contribution is 7.99. The smallest absolute Gasteiger partial charge is 0.154 e. The lowest BCUT2D eigenvalue weighted by Crippen LogP contribution is -1.88. The lowest BCUT2D eigenvalue weighted by molar-refractivity contribution is 0.582. The van der Waals surface area contributed by atoms with E-state index in [1.807, 2.05) is 25.1 Å². The van der Waals surface area contributed by atoms with Gasteiger partial charge in [-0.1, -0.05) is 6.92 Å². The minimum Gasteiger partial charge on any atom is -0.464 e. The average molecular weight is 230 g/mol. The number of rotatable bonds is 3. The lowest BCUT2D eigenvalue weighted by atomic mass is 10.2. The number of pyridine rings is 1. The first-order valence-corrected chi connectivity index (χ1v) is 5.90. The lowest BCUT2D eigenvalue weighted by Gasteiger charge is -2.03. The number of hydrogen-bond acceptors (Lipinski definition) is 4. The molecule has 0 saturated carbocycles. The molecule has 0 aliphatic heterocycles. The standard InChI is InChI=1S/C12H10N2OS/c1-2-16-12-6-9(8-14-10(12)7-13)11-4-3-5-15-11/h3-6,8H,2H2,1H3. The molecular weight excluding hydrogens is 220 g/mol. The second kappa shape index (κ2) is 4.86. The van der Waals surface area contributed by atoms with Gasteiger partial charge >= 0.3 is 0 Å². The molecule has 4 heteroatoms. The van der Waals surface area contributed by atoms with Crippen molar-refractivity contribution in [1.29, 1.82) is 5.26 Å². The highest BCUT2D eigenvalue weighted by Gasteiger charge is 2.07. The third-order valence-electron chi connectivity index (χ3n) is 2.06. The van der Waals surface area contributed by atoms with Gasteiger partial charge in [-0.05, 0) is 24.0 Å². The molecule has 0 aliphatic carbocycles. The summed E-state index contributed by atoms with van der Waals surface area (Å²) in [4.78, 5) is 5.03. The summed E-state index contributed by atoms with van der Waals surface area (Å²) in [6.45, 7) is 2.05. The highest BCUT2D eigenvalue weighted by atomic mass is 32.2. The predicted octanol–water partition coefficient (Wildman–Crippen LogP) is 3.33. The Labute approximate surface area is 98.1 Å². The van der Waals surface area contributed by atoms with Crippen LogP contribution in [0.4, 0.5) is 0 Å². The first kappa shape index (κ1) is 10.8. The second-order valence-electron chi connectivity index (χ2n) is 3.09. The molecule has 2 aromatic heterocycles. The summed E-state index contributed by atoms with van der Waals surface area (Å²) in [5.41, 5.74) is 1.38. The molecule has 3 nitrogen and oxygen atoms in total. The van der Waals surface area contributed by atoms with Crippen LogP contribution in [0.15, 0.2) is 40.0 Å². The number of nitriles is 1. The first-order valence-electron chi connectivity index (χ1n) is 4.92. The second-order valence-corrected chi connectivity index (χ2v) is 4.40. The van der Waals surface area contributed by atoms with E-state index in [2.05, 4.69) is 11.1 Å². The Morgan fingerprint density at radius 3 is 3.06 bits per heavy atom. The maximum atomic E-state index is 8.92. The topological polar surface area (TPSA) is 49.8 Å². The summed E-state index contributed by atoms with van der Waals surface area (Å²) < 4.78 is 5.29. The van der Waals surface area contributed by atoms with E-state index in [9.17, 15) is 0 Å². The minimum absolute atomic E-state index is 0.474. The van der Waals surface area contributed by atoms with Gasteiger partial charge in [0, 0.05) is 16.7 Å². The van der Waals surface area contributed by atoms with Gasteiger partial charge in [-0.3, -0.25) is 0 Å². The molecule has 0 radical (unpaired) electrons. The molecule has 0 saturated heterocycles. The van der Waals surface area contributed by atoms with E-state index < -0.39 is 0 Å². The van der Waals surface area contributed by atoms with E-state index in [0.29, 0.717) is 5.69 Å². The number of furan rings is 1. The number of aromatic nitrogens is 1. The normalized spacial score (nSPS) is 10.0. The maximum absolute atomic E-state index is 8.92. The molecule has 0 N–H and O–H groups in total. The molecule has 0 bridgehead atoms. The van der Waals surface area contributed by atoms with Crippen molar-refractivity contribution >= 4 is 11.8 Å². The van der Waals surface area contributed by atoms with E-state index in [1.54, 1.807) is 24.2 Å². The van der Waals surface area contributed by atoms with Gasteiger partial charge in [0.1, 0.15) is 11.8 Å². The van der Waals surface area contributed by atoms with Gasteiger partial charge in [-0.25, -0.2) is 4.98 Å². The molecule has 2 heterocycles. The molecule has 2 rings (SSSR count). The van der Waals surface area contributed by atoms with Crippen LogP contribution in [0.25, 0.3) is 11.3 Å². The minimum atomic E-state index is 0.474. The zero-order chi connectivity index (χ0) is 11.4. The quantitative estimate of drug-likeness (QED) is 0.759. The third-order valence-corrected chi connectivity index (χ3v) is 2.98. The van der Waals surface area contributed by atoms with Crippen molar-refractivity contribution in [2.45, 2.75) is 11.8 Å². The number of nitrogens with zero attached hydrogens (tertiary/aromatic N) is 2. The highest BCUT2D eigenvalue weighted by Crippen LogP contribution is 2.27. The van der Waals surface area contributed by atoms with Crippen molar-refractivity contribution in [2.24, 2.45) is 0 Å². The van der Waals surface area contributed by atoms with Crippen molar-refractivity contribution in [3.05, 3.63) is 36.4 Å². The summed E-state index contributed by atoms with van der Waals surface area (Å²) in [6, 6.07) is 7.75. The molecule has 16 heavy (non-hydrogen) atoms. The summed E-state index contributed by atoms with van der Waals surface area (Å²) in [5, 5.41) is 8.92. The van der Waals surface area contributed by atoms with Gasteiger partial charge in [0.25, 0.3) is 0 Å². The molecule has 0 atom stereocenters. The Morgan fingerprint density at radius 1 is 1.56 bits per heavy atom. The Balaban J connectivity index is 2.44. The molecule has 0 aliphatic rings. The SMILES string of the molecule is CCSc1cc(-c2ccco2)cnc1C#N. The maximum Gasteiger partial charge on any atom is 0.154 e. The number of thioether (sulfide) groups is 1. The molecule has 0 fully saturated rings. The van der Waals surface area contributed by atoms with Crippen LogP contribution in [-0.4, -0.2) is 10.7 Å². The summed E-state index contributed by atoms with van der Waals surface area (Å²) in [6.07, 6.45) is 3.29. The van der Waals surface area contributed by atoms with E-state index >= 15 is 0 Å². The predicted molar refractivity (Wildman–Crippen MR) is 63.1 cm³/mol. The average Bonchev–Trinajstić information content (AvgIpc) is 2.83. The number of hydrogen-bond donors (Lipinski definition) is 0. The van der Waals surface area contributed by atoms with Crippen LogP contribution >= 0.6 is 11.8 Å². The van der Waals surface area contributed by atoms with E-state index in [4.69, 9.17) is 9.68 Å². The summed E-state index contributed by atoms with van der Waals surface area (Å²) in [5.74, 6) is 1.69.